The predicted octanol–water partition coefficient (Wildman–Crippen LogP) is 1.95. The van der Waals surface area contributed by atoms with Gasteiger partial charge in [0.25, 0.3) is 0 Å². The van der Waals surface area contributed by atoms with Gasteiger partial charge in [-0.05, 0) is 23.8 Å². The number of carboxylic acids is 1. The number of benzene rings is 2. The number of carbonyl (C=O) groups is 2. The first-order valence-corrected chi connectivity index (χ1v) is 6.42. The standard InChI is InChI=1S/C16H15NO4/c18-14-7-2-1-5-12(14)9-15(19)17-10-11-4-3-6-13(8-11)16(20)21/h1-8,18H,9-10H2,(H,17,19)(H,20,21). The molecule has 5 nitrogen and oxygen atoms in total. The summed E-state index contributed by atoms with van der Waals surface area (Å²) in [7, 11) is 0. The second-order valence-corrected chi connectivity index (χ2v) is 4.59. The Bertz CT molecular complexity index is 667. The Morgan fingerprint density at radius 1 is 1.05 bits per heavy atom. The van der Waals surface area contributed by atoms with Crippen LogP contribution in [0, 0.1) is 0 Å². The Morgan fingerprint density at radius 2 is 1.81 bits per heavy atom. The van der Waals surface area contributed by atoms with E-state index in [4.69, 9.17) is 5.11 Å². The summed E-state index contributed by atoms with van der Waals surface area (Å²) in [5, 5.41) is 21.2. The van der Waals surface area contributed by atoms with Crippen LogP contribution in [0.25, 0.3) is 0 Å². The summed E-state index contributed by atoms with van der Waals surface area (Å²) in [5.41, 5.74) is 1.44. The van der Waals surface area contributed by atoms with Gasteiger partial charge in [0.2, 0.25) is 5.91 Å². The summed E-state index contributed by atoms with van der Waals surface area (Å²) in [4.78, 5) is 22.7. The molecule has 2 aromatic carbocycles. The van der Waals surface area contributed by atoms with Gasteiger partial charge < -0.3 is 15.5 Å². The van der Waals surface area contributed by atoms with Crippen LogP contribution in [0.1, 0.15) is 21.5 Å². The van der Waals surface area contributed by atoms with E-state index in [1.54, 1.807) is 30.3 Å². The van der Waals surface area contributed by atoms with Crippen molar-refractivity contribution in [1.29, 1.82) is 0 Å². The maximum absolute atomic E-state index is 11.8. The largest absolute Gasteiger partial charge is 0.508 e. The van der Waals surface area contributed by atoms with E-state index in [0.29, 0.717) is 11.1 Å². The number of nitrogens with one attached hydrogen (secondary N) is 1. The molecule has 0 aromatic heterocycles. The Morgan fingerprint density at radius 3 is 2.52 bits per heavy atom. The van der Waals surface area contributed by atoms with Crippen molar-refractivity contribution >= 4 is 11.9 Å². The maximum atomic E-state index is 11.8. The van der Waals surface area contributed by atoms with Crippen molar-refractivity contribution < 1.29 is 19.8 Å². The quantitative estimate of drug-likeness (QED) is 0.783. The van der Waals surface area contributed by atoms with Crippen LogP contribution in [0.5, 0.6) is 5.75 Å². The van der Waals surface area contributed by atoms with Crippen molar-refractivity contribution in [2.45, 2.75) is 13.0 Å². The number of aromatic carboxylic acids is 1. The van der Waals surface area contributed by atoms with E-state index in [0.717, 1.165) is 0 Å². The number of rotatable bonds is 5. The number of phenols is 1. The van der Waals surface area contributed by atoms with E-state index >= 15 is 0 Å². The number of carboxylic acid groups (broad SMARTS) is 1. The second-order valence-electron chi connectivity index (χ2n) is 4.59. The van der Waals surface area contributed by atoms with Crippen molar-refractivity contribution in [1.82, 2.24) is 5.32 Å². The number of para-hydroxylation sites is 1. The molecule has 5 heteroatoms. The molecule has 3 N–H and O–H groups in total. The fourth-order valence-electron chi connectivity index (χ4n) is 1.91. The molecule has 108 valence electrons. The van der Waals surface area contributed by atoms with Gasteiger partial charge >= 0.3 is 5.97 Å². The highest BCUT2D eigenvalue weighted by molar-refractivity contribution is 5.87. The average Bonchev–Trinajstić information content (AvgIpc) is 2.48. The van der Waals surface area contributed by atoms with Crippen LogP contribution in [0.15, 0.2) is 48.5 Å². The molecule has 0 spiro atoms. The minimum Gasteiger partial charge on any atom is -0.508 e. The molecule has 0 unspecified atom stereocenters. The van der Waals surface area contributed by atoms with Crippen molar-refractivity contribution in [2.24, 2.45) is 0 Å². The summed E-state index contributed by atoms with van der Waals surface area (Å²) in [5.74, 6) is -1.16. The summed E-state index contributed by atoms with van der Waals surface area (Å²) >= 11 is 0. The SMILES string of the molecule is O=C(Cc1ccccc1O)NCc1cccc(C(=O)O)c1. The maximum Gasteiger partial charge on any atom is 0.335 e. The number of amides is 1. The van der Waals surface area contributed by atoms with Gasteiger partial charge in [-0.1, -0.05) is 30.3 Å². The van der Waals surface area contributed by atoms with Crippen LogP contribution < -0.4 is 5.32 Å². The van der Waals surface area contributed by atoms with E-state index in [9.17, 15) is 14.7 Å². The third kappa shape index (κ3) is 4.07. The van der Waals surface area contributed by atoms with Crippen LogP contribution >= 0.6 is 0 Å². The topological polar surface area (TPSA) is 86.6 Å². The van der Waals surface area contributed by atoms with Gasteiger partial charge in [0, 0.05) is 12.1 Å². The average molecular weight is 285 g/mol. The normalized spacial score (nSPS) is 10.1. The minimum atomic E-state index is -1.00. The zero-order valence-electron chi connectivity index (χ0n) is 11.2. The number of aromatic hydroxyl groups is 1. The molecule has 0 aliphatic rings. The molecular formula is C16H15NO4. The third-order valence-corrected chi connectivity index (χ3v) is 3.01. The van der Waals surface area contributed by atoms with Gasteiger partial charge in [-0.3, -0.25) is 4.79 Å². The number of phenolic OH excluding ortho intramolecular Hbond substituents is 1. The molecular weight excluding hydrogens is 270 g/mol. The molecule has 0 fully saturated rings. The summed E-state index contributed by atoms with van der Waals surface area (Å²) in [6.45, 7) is 0.244. The van der Waals surface area contributed by atoms with Crippen LogP contribution in [-0.2, 0) is 17.8 Å². The van der Waals surface area contributed by atoms with E-state index in [1.165, 1.54) is 18.2 Å². The smallest absolute Gasteiger partial charge is 0.335 e. The first-order valence-electron chi connectivity index (χ1n) is 6.42. The van der Waals surface area contributed by atoms with Crippen LogP contribution in [-0.4, -0.2) is 22.1 Å². The number of hydrogen-bond donors (Lipinski definition) is 3. The first kappa shape index (κ1) is 14.6. The summed E-state index contributed by atoms with van der Waals surface area (Å²) in [6.07, 6.45) is 0.0747. The molecule has 0 aliphatic carbocycles. The Kier molecular flexibility index (Phi) is 4.56. The molecule has 0 atom stereocenters. The molecule has 2 aromatic rings. The van der Waals surface area contributed by atoms with Crippen molar-refractivity contribution in [2.75, 3.05) is 0 Å². The molecule has 21 heavy (non-hydrogen) atoms. The second kappa shape index (κ2) is 6.56. The lowest BCUT2D eigenvalue weighted by atomic mass is 10.1. The monoisotopic (exact) mass is 285 g/mol. The Labute approximate surface area is 121 Å². The molecule has 2 rings (SSSR count). The van der Waals surface area contributed by atoms with E-state index in [2.05, 4.69) is 5.32 Å². The van der Waals surface area contributed by atoms with Gasteiger partial charge in [-0.25, -0.2) is 4.79 Å². The fourth-order valence-corrected chi connectivity index (χ4v) is 1.91. The minimum absolute atomic E-state index is 0.0747. The third-order valence-electron chi connectivity index (χ3n) is 3.01. The lowest BCUT2D eigenvalue weighted by Gasteiger charge is -2.07. The van der Waals surface area contributed by atoms with Crippen molar-refractivity contribution in [3.8, 4) is 5.75 Å². The molecule has 0 aliphatic heterocycles. The van der Waals surface area contributed by atoms with Gasteiger partial charge in [-0.15, -0.1) is 0 Å². The zero-order chi connectivity index (χ0) is 15.2. The highest BCUT2D eigenvalue weighted by Gasteiger charge is 2.08. The van der Waals surface area contributed by atoms with Crippen molar-refractivity contribution in [3.63, 3.8) is 0 Å². The first-order chi connectivity index (χ1) is 10.1. The van der Waals surface area contributed by atoms with E-state index in [-0.39, 0.29) is 30.2 Å². The highest BCUT2D eigenvalue weighted by Crippen LogP contribution is 2.15. The molecule has 0 bridgehead atoms. The zero-order valence-corrected chi connectivity index (χ0v) is 11.2. The lowest BCUT2D eigenvalue weighted by molar-refractivity contribution is -0.120. The van der Waals surface area contributed by atoms with Crippen molar-refractivity contribution in [3.05, 3.63) is 65.2 Å². The highest BCUT2D eigenvalue weighted by atomic mass is 16.4. The molecule has 0 radical (unpaired) electrons. The van der Waals surface area contributed by atoms with E-state index < -0.39 is 5.97 Å². The fraction of sp³-hybridized carbons (Fsp3) is 0.125. The van der Waals surface area contributed by atoms with Crippen LogP contribution in [0.2, 0.25) is 0 Å². The van der Waals surface area contributed by atoms with Gasteiger partial charge in [0.1, 0.15) is 5.75 Å². The number of hydrogen-bond acceptors (Lipinski definition) is 3. The summed E-state index contributed by atoms with van der Waals surface area (Å²) in [6, 6.07) is 13.0. The van der Waals surface area contributed by atoms with E-state index in [1.807, 2.05) is 0 Å². The van der Waals surface area contributed by atoms with Gasteiger partial charge in [0.05, 0.1) is 12.0 Å². The van der Waals surface area contributed by atoms with Crippen LogP contribution in [0.4, 0.5) is 0 Å². The summed E-state index contributed by atoms with van der Waals surface area (Å²) < 4.78 is 0. The molecule has 0 heterocycles. The van der Waals surface area contributed by atoms with Gasteiger partial charge in [-0.2, -0.15) is 0 Å². The van der Waals surface area contributed by atoms with Gasteiger partial charge in [0.15, 0.2) is 0 Å². The molecule has 0 saturated heterocycles. The Balaban J connectivity index is 1.94. The van der Waals surface area contributed by atoms with Crippen LogP contribution in [0.3, 0.4) is 0 Å². The molecule has 1 amide bonds. The number of carbonyl (C=O) groups excluding carboxylic acids is 1. The molecule has 0 saturated carbocycles. The Hall–Kier alpha value is -2.82. The predicted molar refractivity (Wildman–Crippen MR) is 77.1 cm³/mol. The lowest BCUT2D eigenvalue weighted by Crippen LogP contribution is -2.24.